The summed E-state index contributed by atoms with van der Waals surface area (Å²) in [6.07, 6.45) is 3.93. The van der Waals surface area contributed by atoms with E-state index < -0.39 is 0 Å². The van der Waals surface area contributed by atoms with Crippen molar-refractivity contribution in [2.24, 2.45) is 0 Å². The minimum absolute atomic E-state index is 0.0512. The van der Waals surface area contributed by atoms with Gasteiger partial charge in [0.25, 0.3) is 0 Å². The minimum atomic E-state index is -0.0512. The summed E-state index contributed by atoms with van der Waals surface area (Å²) in [5, 5.41) is 12.6. The molecule has 1 amide bonds. The second kappa shape index (κ2) is 9.81. The summed E-state index contributed by atoms with van der Waals surface area (Å²) in [7, 11) is 0. The number of benzene rings is 1. The van der Waals surface area contributed by atoms with E-state index in [1.807, 2.05) is 42.8 Å². The molecule has 32 heavy (non-hydrogen) atoms. The number of carbonyl (C=O) groups is 1. The number of H-pyrrole nitrogens is 1. The highest BCUT2D eigenvalue weighted by molar-refractivity contribution is 7.98. The molecule has 0 bridgehead atoms. The average Bonchev–Trinajstić information content (AvgIpc) is 3.49. The SMILES string of the molecule is CC(=O)N(c1nc(CSc2n[nH]c(/C=C/c3cccs3)n2)cs1)c1c(C)cc(C)cc1C. The van der Waals surface area contributed by atoms with E-state index in [9.17, 15) is 4.79 Å². The number of rotatable bonds is 7. The Morgan fingerprint density at radius 2 is 1.94 bits per heavy atom. The second-order valence-corrected chi connectivity index (χ2v) is 10.1. The first kappa shape index (κ1) is 22.4. The van der Waals surface area contributed by atoms with Crippen LogP contribution in [0.3, 0.4) is 0 Å². The Hall–Kier alpha value is -2.75. The number of aryl methyl sites for hydroxylation is 3. The standard InChI is InChI=1S/C23H23N5OS3/c1-14-10-15(2)21(16(3)11-14)28(17(4)29)23-24-18(13-32-23)12-31-22-25-20(26-27-22)8-7-19-6-5-9-30-19/h5-11,13H,12H2,1-4H3,(H,25,26,27)/b8-7+. The number of carbonyl (C=O) groups excluding carboxylic acids is 1. The molecule has 0 atom stereocenters. The van der Waals surface area contributed by atoms with E-state index in [1.54, 1.807) is 23.2 Å². The first-order valence-electron chi connectivity index (χ1n) is 10.0. The van der Waals surface area contributed by atoms with Crippen LogP contribution >= 0.6 is 34.4 Å². The zero-order valence-electron chi connectivity index (χ0n) is 18.2. The average molecular weight is 482 g/mol. The van der Waals surface area contributed by atoms with Gasteiger partial charge in [-0.05, 0) is 55.5 Å². The van der Waals surface area contributed by atoms with Crippen molar-refractivity contribution in [2.75, 3.05) is 4.90 Å². The molecule has 9 heteroatoms. The number of aromatic amines is 1. The molecule has 1 aromatic carbocycles. The van der Waals surface area contributed by atoms with Crippen molar-refractivity contribution >= 4 is 63.3 Å². The van der Waals surface area contributed by atoms with Crippen LogP contribution < -0.4 is 4.90 Å². The lowest BCUT2D eigenvalue weighted by Crippen LogP contribution is -2.24. The van der Waals surface area contributed by atoms with Gasteiger partial charge in [-0.2, -0.15) is 0 Å². The minimum Gasteiger partial charge on any atom is -0.274 e. The van der Waals surface area contributed by atoms with Gasteiger partial charge in [0.15, 0.2) is 5.13 Å². The zero-order chi connectivity index (χ0) is 22.7. The third kappa shape index (κ3) is 5.17. The molecule has 0 saturated heterocycles. The molecular formula is C23H23N5OS3. The fourth-order valence-corrected chi connectivity index (χ4v) is 5.76. The van der Waals surface area contributed by atoms with Crippen molar-refractivity contribution in [2.45, 2.75) is 38.6 Å². The Balaban J connectivity index is 1.46. The number of amides is 1. The van der Waals surface area contributed by atoms with Crippen LogP contribution in [0.25, 0.3) is 12.2 Å². The van der Waals surface area contributed by atoms with Crippen LogP contribution in [0.2, 0.25) is 0 Å². The number of hydrogen-bond acceptors (Lipinski definition) is 7. The van der Waals surface area contributed by atoms with Gasteiger partial charge in [-0.25, -0.2) is 9.97 Å². The van der Waals surface area contributed by atoms with Gasteiger partial charge in [0.2, 0.25) is 11.1 Å². The summed E-state index contributed by atoms with van der Waals surface area (Å²) >= 11 is 4.66. The van der Waals surface area contributed by atoms with E-state index in [1.165, 1.54) is 33.5 Å². The number of thiazole rings is 1. The van der Waals surface area contributed by atoms with E-state index in [2.05, 4.69) is 40.3 Å². The van der Waals surface area contributed by atoms with Gasteiger partial charge in [-0.1, -0.05) is 35.5 Å². The third-order valence-electron chi connectivity index (χ3n) is 4.68. The number of aromatic nitrogens is 4. The Morgan fingerprint density at radius 3 is 2.62 bits per heavy atom. The van der Waals surface area contributed by atoms with Crippen LogP contribution in [0.1, 0.15) is 40.0 Å². The Bertz CT molecular complexity index is 1230. The number of thiophene rings is 1. The highest BCUT2D eigenvalue weighted by atomic mass is 32.2. The molecule has 3 aromatic heterocycles. The number of hydrogen-bond donors (Lipinski definition) is 1. The number of nitrogens with one attached hydrogen (secondary N) is 1. The fraction of sp³-hybridized carbons (Fsp3) is 0.217. The van der Waals surface area contributed by atoms with Crippen molar-refractivity contribution in [3.05, 3.63) is 68.1 Å². The van der Waals surface area contributed by atoms with Crippen LogP contribution in [-0.4, -0.2) is 26.1 Å². The molecule has 0 aliphatic carbocycles. The quantitative estimate of drug-likeness (QED) is 0.309. The molecule has 0 aliphatic heterocycles. The summed E-state index contributed by atoms with van der Waals surface area (Å²) in [6, 6.07) is 8.26. The normalized spacial score (nSPS) is 11.4. The van der Waals surface area contributed by atoms with Gasteiger partial charge < -0.3 is 0 Å². The van der Waals surface area contributed by atoms with E-state index in [0.29, 0.717) is 21.9 Å². The lowest BCUT2D eigenvalue weighted by molar-refractivity contribution is -0.115. The Kier molecular flexibility index (Phi) is 6.88. The first-order chi connectivity index (χ1) is 15.4. The van der Waals surface area contributed by atoms with Gasteiger partial charge in [0.05, 0.1) is 11.4 Å². The monoisotopic (exact) mass is 481 g/mol. The molecule has 3 heterocycles. The number of thioether (sulfide) groups is 1. The summed E-state index contributed by atoms with van der Waals surface area (Å²) < 4.78 is 0. The summed E-state index contributed by atoms with van der Waals surface area (Å²) in [5.41, 5.74) is 5.11. The van der Waals surface area contributed by atoms with Gasteiger partial charge >= 0.3 is 0 Å². The van der Waals surface area contributed by atoms with Gasteiger partial charge in [0.1, 0.15) is 5.82 Å². The number of nitrogens with zero attached hydrogens (tertiary/aromatic N) is 4. The zero-order valence-corrected chi connectivity index (χ0v) is 20.7. The molecule has 6 nitrogen and oxygen atoms in total. The van der Waals surface area contributed by atoms with Crippen LogP contribution in [0.4, 0.5) is 10.8 Å². The van der Waals surface area contributed by atoms with Crippen LogP contribution in [0.5, 0.6) is 0 Å². The van der Waals surface area contributed by atoms with Crippen LogP contribution in [-0.2, 0) is 10.5 Å². The maximum atomic E-state index is 12.5. The van der Waals surface area contributed by atoms with Crippen LogP contribution in [0.15, 0.2) is 40.2 Å². The molecular weight excluding hydrogens is 458 g/mol. The third-order valence-corrected chi connectivity index (χ3v) is 7.28. The molecule has 1 N–H and O–H groups in total. The van der Waals surface area contributed by atoms with Gasteiger partial charge in [-0.3, -0.25) is 14.8 Å². The lowest BCUT2D eigenvalue weighted by Gasteiger charge is -2.23. The molecule has 0 fully saturated rings. The predicted molar refractivity (Wildman–Crippen MR) is 135 cm³/mol. The van der Waals surface area contributed by atoms with Crippen molar-refractivity contribution in [3.8, 4) is 0 Å². The molecule has 0 unspecified atom stereocenters. The topological polar surface area (TPSA) is 74.8 Å². The van der Waals surface area contributed by atoms with Crippen molar-refractivity contribution in [3.63, 3.8) is 0 Å². The van der Waals surface area contributed by atoms with Crippen molar-refractivity contribution in [1.29, 1.82) is 0 Å². The maximum Gasteiger partial charge on any atom is 0.230 e. The Labute approximate surface area is 199 Å². The van der Waals surface area contributed by atoms with Gasteiger partial charge in [-0.15, -0.1) is 27.8 Å². The largest absolute Gasteiger partial charge is 0.274 e. The molecule has 164 valence electrons. The van der Waals surface area contributed by atoms with Crippen molar-refractivity contribution < 1.29 is 4.79 Å². The maximum absolute atomic E-state index is 12.5. The molecule has 0 saturated carbocycles. The predicted octanol–water partition coefficient (Wildman–Crippen LogP) is 6.40. The Morgan fingerprint density at radius 1 is 1.16 bits per heavy atom. The smallest absolute Gasteiger partial charge is 0.230 e. The summed E-state index contributed by atoms with van der Waals surface area (Å²) in [4.78, 5) is 24.6. The lowest BCUT2D eigenvalue weighted by atomic mass is 10.0. The molecule has 0 spiro atoms. The van der Waals surface area contributed by atoms with Crippen LogP contribution in [0, 0.1) is 20.8 Å². The molecule has 0 radical (unpaired) electrons. The second-order valence-electron chi connectivity index (χ2n) is 7.36. The highest BCUT2D eigenvalue weighted by Crippen LogP contribution is 2.35. The first-order valence-corrected chi connectivity index (χ1v) is 12.7. The van der Waals surface area contributed by atoms with E-state index in [0.717, 1.165) is 22.5 Å². The van der Waals surface area contributed by atoms with E-state index in [-0.39, 0.29) is 5.91 Å². The molecule has 4 aromatic rings. The highest BCUT2D eigenvalue weighted by Gasteiger charge is 2.22. The van der Waals surface area contributed by atoms with E-state index >= 15 is 0 Å². The number of anilines is 2. The molecule has 4 rings (SSSR count). The summed E-state index contributed by atoms with van der Waals surface area (Å²) in [5.74, 6) is 1.29. The fourth-order valence-electron chi connectivity index (χ4n) is 3.46. The van der Waals surface area contributed by atoms with Gasteiger partial charge in [0, 0.05) is 22.9 Å². The van der Waals surface area contributed by atoms with E-state index in [4.69, 9.17) is 4.98 Å². The van der Waals surface area contributed by atoms with Crippen molar-refractivity contribution in [1.82, 2.24) is 20.2 Å². The molecule has 0 aliphatic rings. The summed E-state index contributed by atoms with van der Waals surface area (Å²) in [6.45, 7) is 7.70.